The van der Waals surface area contributed by atoms with Crippen LogP contribution >= 0.6 is 22.7 Å². The minimum Gasteiger partial charge on any atom is -0.399 e. The monoisotopic (exact) mass is 462 g/mol. The van der Waals surface area contributed by atoms with Crippen molar-refractivity contribution in [3.05, 3.63) is 41.4 Å². The summed E-state index contributed by atoms with van der Waals surface area (Å²) in [6, 6.07) is 9.61. The third-order valence-electron chi connectivity index (χ3n) is 5.96. The molecule has 31 heavy (non-hydrogen) atoms. The second kappa shape index (κ2) is 7.72. The summed E-state index contributed by atoms with van der Waals surface area (Å²) in [5, 5.41) is 1.91. The van der Waals surface area contributed by atoms with Crippen LogP contribution in [0.4, 0.5) is 18.9 Å². The summed E-state index contributed by atoms with van der Waals surface area (Å²) in [6.07, 6.45) is -0.753. The van der Waals surface area contributed by atoms with Crippen LogP contribution < -0.4 is 5.73 Å². The highest BCUT2D eigenvalue weighted by Crippen LogP contribution is 2.42. The Balaban J connectivity index is 1.52. The molecule has 0 saturated carbocycles. The molecule has 0 spiro atoms. The number of alkyl halides is 3. The Morgan fingerprint density at radius 2 is 2.03 bits per heavy atom. The fourth-order valence-electron chi connectivity index (χ4n) is 4.43. The smallest absolute Gasteiger partial charge is 0.399 e. The molecule has 1 aromatic carbocycles. The van der Waals surface area contributed by atoms with E-state index in [1.54, 1.807) is 33.8 Å². The Morgan fingerprint density at radius 3 is 2.84 bits per heavy atom. The fraction of sp³-hybridized carbons (Fsp3) is 0.364. The van der Waals surface area contributed by atoms with E-state index in [-0.39, 0.29) is 12.0 Å². The van der Waals surface area contributed by atoms with Gasteiger partial charge in [-0.2, -0.15) is 13.2 Å². The number of likely N-dealkylation sites (tertiary alicyclic amines) is 1. The van der Waals surface area contributed by atoms with Crippen molar-refractivity contribution in [2.45, 2.75) is 37.9 Å². The first-order chi connectivity index (χ1) is 14.8. The molecule has 4 aromatic rings. The van der Waals surface area contributed by atoms with Gasteiger partial charge < -0.3 is 5.73 Å². The van der Waals surface area contributed by atoms with Crippen molar-refractivity contribution in [3.63, 3.8) is 0 Å². The van der Waals surface area contributed by atoms with Gasteiger partial charge in [-0.05, 0) is 56.6 Å². The maximum atomic E-state index is 13.0. The van der Waals surface area contributed by atoms with Crippen LogP contribution in [-0.4, -0.2) is 40.2 Å². The lowest BCUT2D eigenvalue weighted by atomic mass is 9.88. The third kappa shape index (κ3) is 4.02. The predicted molar refractivity (Wildman–Crippen MR) is 122 cm³/mol. The van der Waals surface area contributed by atoms with E-state index >= 15 is 0 Å². The van der Waals surface area contributed by atoms with Crippen LogP contribution in [0.3, 0.4) is 0 Å². The number of benzene rings is 1. The topological polar surface area (TPSA) is 55.0 Å². The number of nitrogen functional groups attached to an aromatic ring is 1. The number of anilines is 1. The molecule has 0 bridgehead atoms. The van der Waals surface area contributed by atoms with Gasteiger partial charge in [-0.3, -0.25) is 4.90 Å². The highest BCUT2D eigenvalue weighted by molar-refractivity contribution is 7.22. The second-order valence-corrected chi connectivity index (χ2v) is 10.1. The van der Waals surface area contributed by atoms with Crippen LogP contribution in [0.1, 0.15) is 30.6 Å². The molecule has 9 heteroatoms. The standard InChI is InChI=1S/C22H21F3N4S2/c1-12-14(3-2-8-29(12)11-22(23,24)25)19-10-16-15(6-7-27-20(16)31-19)21-28-17-9-13(26)4-5-18(17)30-21/h4-7,9-10,12,14H,2-3,8,11,26H2,1H3. The maximum absolute atomic E-state index is 13.0. The van der Waals surface area contributed by atoms with E-state index in [1.807, 2.05) is 31.2 Å². The normalized spacial score (nSPS) is 20.6. The first-order valence-electron chi connectivity index (χ1n) is 10.1. The van der Waals surface area contributed by atoms with Crippen molar-refractivity contribution >= 4 is 48.8 Å². The van der Waals surface area contributed by atoms with Gasteiger partial charge in [0.25, 0.3) is 0 Å². The van der Waals surface area contributed by atoms with E-state index in [0.29, 0.717) is 12.2 Å². The summed E-state index contributed by atoms with van der Waals surface area (Å²) in [5.74, 6) is 0.0679. The van der Waals surface area contributed by atoms with Crippen LogP contribution in [0.5, 0.6) is 0 Å². The molecule has 0 radical (unpaired) electrons. The Bertz CT molecular complexity index is 1250. The number of fused-ring (bicyclic) bond motifs is 2. The van der Waals surface area contributed by atoms with Crippen molar-refractivity contribution in [2.75, 3.05) is 18.8 Å². The summed E-state index contributed by atoms with van der Waals surface area (Å²) < 4.78 is 40.1. The SMILES string of the molecule is CC1C(c2cc3c(-c4nc5cc(N)ccc5s4)ccnc3s2)CCCN1CC(F)(F)F. The molecular weight excluding hydrogens is 441 g/mol. The number of thiophene rings is 1. The number of aromatic nitrogens is 2. The van der Waals surface area contributed by atoms with Gasteiger partial charge in [0.2, 0.25) is 0 Å². The fourth-order valence-corrected chi connectivity index (χ4v) is 6.68. The Kier molecular flexibility index (Phi) is 5.15. The first kappa shape index (κ1) is 20.7. The second-order valence-electron chi connectivity index (χ2n) is 8.05. The predicted octanol–water partition coefficient (Wildman–Crippen LogP) is 6.29. The molecule has 4 nitrogen and oxygen atoms in total. The van der Waals surface area contributed by atoms with Gasteiger partial charge in [-0.1, -0.05) is 0 Å². The van der Waals surface area contributed by atoms with Crippen molar-refractivity contribution < 1.29 is 13.2 Å². The van der Waals surface area contributed by atoms with E-state index in [9.17, 15) is 13.2 Å². The van der Waals surface area contributed by atoms with Crippen LogP contribution in [0.2, 0.25) is 0 Å². The number of piperidine rings is 1. The van der Waals surface area contributed by atoms with Crippen LogP contribution in [0.25, 0.3) is 31.0 Å². The number of hydrogen-bond acceptors (Lipinski definition) is 6. The molecule has 5 rings (SSSR count). The highest BCUT2D eigenvalue weighted by atomic mass is 32.1. The van der Waals surface area contributed by atoms with Crippen LogP contribution in [0.15, 0.2) is 36.5 Å². The van der Waals surface area contributed by atoms with Gasteiger partial charge in [-0.25, -0.2) is 9.97 Å². The van der Waals surface area contributed by atoms with E-state index in [0.717, 1.165) is 48.7 Å². The third-order valence-corrected chi connectivity index (χ3v) is 8.21. The largest absolute Gasteiger partial charge is 0.401 e. The average molecular weight is 463 g/mol. The lowest BCUT2D eigenvalue weighted by Gasteiger charge is -2.39. The molecule has 1 fully saturated rings. The lowest BCUT2D eigenvalue weighted by Crippen LogP contribution is -2.46. The molecule has 2 N–H and O–H groups in total. The summed E-state index contributed by atoms with van der Waals surface area (Å²) in [6.45, 7) is 1.54. The molecule has 162 valence electrons. The average Bonchev–Trinajstić information content (AvgIpc) is 3.31. The summed E-state index contributed by atoms with van der Waals surface area (Å²) >= 11 is 3.19. The van der Waals surface area contributed by atoms with Crippen LogP contribution in [-0.2, 0) is 0 Å². The van der Waals surface area contributed by atoms with Gasteiger partial charge in [0.05, 0.1) is 16.8 Å². The summed E-state index contributed by atoms with van der Waals surface area (Å²) in [5.41, 5.74) is 8.44. The molecule has 0 aliphatic carbocycles. The van der Waals surface area contributed by atoms with Gasteiger partial charge >= 0.3 is 6.18 Å². The molecule has 0 amide bonds. The molecule has 1 aliphatic heterocycles. The summed E-state index contributed by atoms with van der Waals surface area (Å²) in [7, 11) is 0. The zero-order chi connectivity index (χ0) is 21.8. The number of pyridine rings is 1. The van der Waals surface area contributed by atoms with Gasteiger partial charge in [0, 0.05) is 39.7 Å². The molecular formula is C22H21F3N4S2. The lowest BCUT2D eigenvalue weighted by molar-refractivity contribution is -0.153. The molecule has 4 heterocycles. The Hall–Kier alpha value is -2.23. The first-order valence-corrected chi connectivity index (χ1v) is 11.8. The number of nitrogens with zero attached hydrogens (tertiary/aromatic N) is 3. The highest BCUT2D eigenvalue weighted by Gasteiger charge is 2.37. The Labute approximate surface area is 185 Å². The van der Waals surface area contributed by atoms with E-state index in [4.69, 9.17) is 10.7 Å². The minimum atomic E-state index is -4.18. The van der Waals surface area contributed by atoms with Gasteiger partial charge in [0.15, 0.2) is 0 Å². The van der Waals surface area contributed by atoms with Crippen molar-refractivity contribution in [2.24, 2.45) is 0 Å². The quantitative estimate of drug-likeness (QED) is 0.364. The molecule has 1 aliphatic rings. The van der Waals surface area contributed by atoms with Crippen molar-refractivity contribution in [3.8, 4) is 10.6 Å². The van der Waals surface area contributed by atoms with Crippen molar-refractivity contribution in [1.82, 2.24) is 14.9 Å². The maximum Gasteiger partial charge on any atom is 0.401 e. The molecule has 1 saturated heterocycles. The number of halogens is 3. The molecule has 2 unspecified atom stereocenters. The number of hydrogen-bond donors (Lipinski definition) is 1. The zero-order valence-corrected chi connectivity index (χ0v) is 18.4. The van der Waals surface area contributed by atoms with E-state index < -0.39 is 12.7 Å². The Morgan fingerprint density at radius 1 is 1.19 bits per heavy atom. The number of thiazole rings is 1. The van der Waals surface area contributed by atoms with E-state index in [2.05, 4.69) is 11.1 Å². The molecule has 2 atom stereocenters. The van der Waals surface area contributed by atoms with Gasteiger partial charge in [0.1, 0.15) is 9.84 Å². The van der Waals surface area contributed by atoms with Gasteiger partial charge in [-0.15, -0.1) is 22.7 Å². The molecule has 3 aromatic heterocycles. The van der Waals surface area contributed by atoms with Crippen molar-refractivity contribution in [1.29, 1.82) is 0 Å². The van der Waals surface area contributed by atoms with E-state index in [1.165, 1.54) is 0 Å². The zero-order valence-electron chi connectivity index (χ0n) is 16.8. The summed E-state index contributed by atoms with van der Waals surface area (Å²) in [4.78, 5) is 12.9. The minimum absolute atomic E-state index is 0.0679. The van der Waals surface area contributed by atoms with Crippen LogP contribution in [0, 0.1) is 0 Å². The number of rotatable bonds is 3. The number of nitrogens with two attached hydrogens (primary N) is 1.